The van der Waals surface area contributed by atoms with Gasteiger partial charge in [0.05, 0.1) is 18.1 Å². The maximum atomic E-state index is 14.0. The number of ether oxygens (including phenoxy) is 1. The van der Waals surface area contributed by atoms with Crippen molar-refractivity contribution in [3.05, 3.63) is 21.6 Å². The van der Waals surface area contributed by atoms with Gasteiger partial charge >= 0.3 is 17.6 Å². The standard InChI is InChI=1S/C12H15ClF2N4O4/c1-4-23-10(20)12(14,15)6-18(7(2)3)9-8(19(21)22)5-16-11(13)17-9/h5,7H,4,6H2,1-3H3. The first-order chi connectivity index (χ1) is 10.6. The molecule has 1 aromatic heterocycles. The van der Waals surface area contributed by atoms with Gasteiger partial charge in [0.1, 0.15) is 6.20 Å². The fourth-order valence-electron chi connectivity index (χ4n) is 1.70. The lowest BCUT2D eigenvalue weighted by molar-refractivity contribution is -0.384. The Morgan fingerprint density at radius 2 is 2.17 bits per heavy atom. The van der Waals surface area contributed by atoms with Crippen LogP contribution >= 0.6 is 11.6 Å². The van der Waals surface area contributed by atoms with Gasteiger partial charge in [-0.25, -0.2) is 9.78 Å². The Labute approximate surface area is 135 Å². The monoisotopic (exact) mass is 352 g/mol. The minimum atomic E-state index is -3.87. The average molecular weight is 353 g/mol. The Kier molecular flexibility index (Phi) is 6.13. The Bertz CT molecular complexity index is 600. The van der Waals surface area contributed by atoms with Crippen molar-refractivity contribution in [2.24, 2.45) is 0 Å². The molecule has 0 saturated carbocycles. The predicted molar refractivity (Wildman–Crippen MR) is 77.8 cm³/mol. The van der Waals surface area contributed by atoms with Crippen LogP contribution in [0.5, 0.6) is 0 Å². The molecule has 0 aliphatic carbocycles. The van der Waals surface area contributed by atoms with Crippen molar-refractivity contribution < 1.29 is 23.2 Å². The van der Waals surface area contributed by atoms with Crippen LogP contribution in [0.2, 0.25) is 5.28 Å². The molecular formula is C12H15ClF2N4O4. The van der Waals surface area contributed by atoms with Gasteiger partial charge in [0.2, 0.25) is 11.1 Å². The van der Waals surface area contributed by atoms with E-state index in [4.69, 9.17) is 11.6 Å². The van der Waals surface area contributed by atoms with Gasteiger partial charge < -0.3 is 9.64 Å². The van der Waals surface area contributed by atoms with E-state index >= 15 is 0 Å². The normalized spacial score (nSPS) is 11.4. The van der Waals surface area contributed by atoms with Crippen LogP contribution in [-0.2, 0) is 9.53 Å². The summed E-state index contributed by atoms with van der Waals surface area (Å²) in [5.41, 5.74) is -0.595. The molecule has 1 rings (SSSR count). The van der Waals surface area contributed by atoms with E-state index in [1.165, 1.54) is 20.8 Å². The van der Waals surface area contributed by atoms with Crippen LogP contribution in [0.25, 0.3) is 0 Å². The Morgan fingerprint density at radius 1 is 1.57 bits per heavy atom. The van der Waals surface area contributed by atoms with Crippen LogP contribution in [0.15, 0.2) is 6.20 Å². The second-order valence-corrected chi connectivity index (χ2v) is 5.09. The molecule has 0 spiro atoms. The summed E-state index contributed by atoms with van der Waals surface area (Å²) in [6.45, 7) is 3.07. The van der Waals surface area contributed by atoms with Crippen molar-refractivity contribution in [1.29, 1.82) is 0 Å². The zero-order chi connectivity index (χ0) is 17.8. The van der Waals surface area contributed by atoms with Crippen molar-refractivity contribution in [2.75, 3.05) is 18.1 Å². The van der Waals surface area contributed by atoms with Gasteiger partial charge in [-0.1, -0.05) is 0 Å². The smallest absolute Gasteiger partial charge is 0.378 e. The second kappa shape index (κ2) is 7.44. The molecule has 0 bridgehead atoms. The summed E-state index contributed by atoms with van der Waals surface area (Å²) in [5, 5.41) is 10.7. The summed E-state index contributed by atoms with van der Waals surface area (Å²) < 4.78 is 32.3. The van der Waals surface area contributed by atoms with Crippen LogP contribution < -0.4 is 4.90 Å². The van der Waals surface area contributed by atoms with Crippen LogP contribution in [0, 0.1) is 10.1 Å². The molecule has 23 heavy (non-hydrogen) atoms. The molecule has 11 heteroatoms. The Hall–Kier alpha value is -2.10. The zero-order valence-corrected chi connectivity index (χ0v) is 13.4. The summed E-state index contributed by atoms with van der Waals surface area (Å²) in [6, 6.07) is -0.625. The van der Waals surface area contributed by atoms with E-state index in [2.05, 4.69) is 14.7 Å². The lowest BCUT2D eigenvalue weighted by Crippen LogP contribution is -2.46. The Morgan fingerprint density at radius 3 is 2.65 bits per heavy atom. The van der Waals surface area contributed by atoms with Gasteiger partial charge in [0.25, 0.3) is 0 Å². The highest BCUT2D eigenvalue weighted by atomic mass is 35.5. The molecule has 0 saturated heterocycles. The molecule has 0 unspecified atom stereocenters. The van der Waals surface area contributed by atoms with Gasteiger partial charge in [-0.2, -0.15) is 13.8 Å². The molecule has 1 heterocycles. The molecule has 0 atom stereocenters. The number of anilines is 1. The Balaban J connectivity index is 3.25. The molecule has 1 aromatic rings. The number of rotatable bonds is 7. The molecule has 0 aromatic carbocycles. The van der Waals surface area contributed by atoms with Crippen LogP contribution in [0.4, 0.5) is 20.3 Å². The third-order valence-electron chi connectivity index (χ3n) is 2.76. The van der Waals surface area contributed by atoms with Crippen molar-refractivity contribution in [1.82, 2.24) is 9.97 Å². The number of esters is 1. The fraction of sp³-hybridized carbons (Fsp3) is 0.583. The maximum Gasteiger partial charge on any atom is 0.378 e. The number of aromatic nitrogens is 2. The highest BCUT2D eigenvalue weighted by molar-refractivity contribution is 6.28. The van der Waals surface area contributed by atoms with E-state index in [0.29, 0.717) is 0 Å². The van der Waals surface area contributed by atoms with Crippen LogP contribution in [0.1, 0.15) is 20.8 Å². The van der Waals surface area contributed by atoms with E-state index in [1.807, 2.05) is 0 Å². The molecule has 0 N–H and O–H groups in total. The van der Waals surface area contributed by atoms with Crippen LogP contribution in [-0.4, -0.2) is 46.0 Å². The molecule has 0 radical (unpaired) electrons. The first-order valence-corrected chi connectivity index (χ1v) is 6.96. The number of hydrogen-bond donors (Lipinski definition) is 0. The number of carbonyl (C=O) groups excluding carboxylic acids is 1. The number of nitrogens with zero attached hydrogens (tertiary/aromatic N) is 4. The number of nitro groups is 1. The minimum absolute atomic E-state index is 0.213. The number of hydrogen-bond acceptors (Lipinski definition) is 7. The van der Waals surface area contributed by atoms with Crippen molar-refractivity contribution in [2.45, 2.75) is 32.7 Å². The summed E-state index contributed by atoms with van der Waals surface area (Å²) >= 11 is 5.60. The number of halogens is 3. The topological polar surface area (TPSA) is 98.5 Å². The largest absolute Gasteiger partial charge is 0.462 e. The average Bonchev–Trinajstić information content (AvgIpc) is 2.44. The second-order valence-electron chi connectivity index (χ2n) is 4.75. The first-order valence-electron chi connectivity index (χ1n) is 6.58. The molecule has 128 valence electrons. The van der Waals surface area contributed by atoms with Gasteiger partial charge in [-0.15, -0.1) is 0 Å². The van der Waals surface area contributed by atoms with Crippen molar-refractivity contribution in [3.63, 3.8) is 0 Å². The van der Waals surface area contributed by atoms with Crippen LogP contribution in [0.3, 0.4) is 0 Å². The third kappa shape index (κ3) is 4.68. The van der Waals surface area contributed by atoms with E-state index < -0.39 is 40.9 Å². The summed E-state index contributed by atoms with van der Waals surface area (Å²) in [5.74, 6) is -5.98. The molecule has 0 aliphatic heterocycles. The van der Waals surface area contributed by atoms with Gasteiger partial charge in [0, 0.05) is 6.04 Å². The maximum absolute atomic E-state index is 14.0. The van der Waals surface area contributed by atoms with E-state index in [1.54, 1.807) is 0 Å². The molecular weight excluding hydrogens is 338 g/mol. The fourth-order valence-corrected chi connectivity index (χ4v) is 1.83. The summed E-state index contributed by atoms with van der Waals surface area (Å²) in [4.78, 5) is 29.6. The SMILES string of the molecule is CCOC(=O)C(F)(F)CN(c1nc(Cl)ncc1[N+](=O)[O-])C(C)C. The predicted octanol–water partition coefficient (Wildman–Crippen LogP) is 2.45. The molecule has 0 aliphatic rings. The summed E-state index contributed by atoms with van der Waals surface area (Å²) in [7, 11) is 0. The lowest BCUT2D eigenvalue weighted by Gasteiger charge is -2.30. The van der Waals surface area contributed by atoms with Gasteiger partial charge in [0.15, 0.2) is 0 Å². The quantitative estimate of drug-likeness (QED) is 0.321. The van der Waals surface area contributed by atoms with Gasteiger partial charge in [-0.3, -0.25) is 10.1 Å². The summed E-state index contributed by atoms with van der Waals surface area (Å²) in [6.07, 6.45) is 0.822. The van der Waals surface area contributed by atoms with Gasteiger partial charge in [-0.05, 0) is 32.4 Å². The zero-order valence-electron chi connectivity index (χ0n) is 12.6. The number of carbonyl (C=O) groups is 1. The molecule has 0 amide bonds. The van der Waals surface area contributed by atoms with E-state index in [9.17, 15) is 23.7 Å². The van der Waals surface area contributed by atoms with Crippen molar-refractivity contribution in [3.8, 4) is 0 Å². The van der Waals surface area contributed by atoms with E-state index in [-0.39, 0.29) is 11.9 Å². The van der Waals surface area contributed by atoms with E-state index in [0.717, 1.165) is 11.1 Å². The first kappa shape index (κ1) is 18.9. The third-order valence-corrected chi connectivity index (χ3v) is 2.94. The number of alkyl halides is 2. The molecule has 8 nitrogen and oxygen atoms in total. The lowest BCUT2D eigenvalue weighted by atomic mass is 10.2. The highest BCUT2D eigenvalue weighted by Gasteiger charge is 2.44. The highest BCUT2D eigenvalue weighted by Crippen LogP contribution is 2.30. The minimum Gasteiger partial charge on any atom is -0.462 e. The van der Waals surface area contributed by atoms with Crippen molar-refractivity contribution >= 4 is 29.1 Å². The molecule has 0 fully saturated rings.